The molecule has 148 valence electrons. The standard InChI is InChI=1S/C24H23NO4/c1-3-27-23(26)5-4-12-28-20-10-9-17-14-19(8-7-18(17)15-20)24-25-21-11-6-16(2)13-22(21)29-24/h6-11,13-15H,3-5,12H2,1-2H3. The van der Waals surface area contributed by atoms with E-state index >= 15 is 0 Å². The van der Waals surface area contributed by atoms with Crippen molar-refractivity contribution in [3.63, 3.8) is 0 Å². The lowest BCUT2D eigenvalue weighted by atomic mass is 10.1. The second kappa shape index (κ2) is 8.35. The first-order chi connectivity index (χ1) is 14.1. The third kappa shape index (κ3) is 4.40. The molecule has 0 spiro atoms. The summed E-state index contributed by atoms with van der Waals surface area (Å²) < 4.78 is 16.6. The van der Waals surface area contributed by atoms with Gasteiger partial charge in [-0.3, -0.25) is 4.79 Å². The van der Waals surface area contributed by atoms with Gasteiger partial charge in [0.15, 0.2) is 5.58 Å². The van der Waals surface area contributed by atoms with E-state index in [2.05, 4.69) is 11.1 Å². The zero-order valence-electron chi connectivity index (χ0n) is 16.6. The predicted octanol–water partition coefficient (Wildman–Crippen LogP) is 5.68. The third-order valence-electron chi connectivity index (χ3n) is 4.70. The van der Waals surface area contributed by atoms with E-state index in [0.29, 0.717) is 31.9 Å². The minimum atomic E-state index is -0.184. The number of hydrogen-bond acceptors (Lipinski definition) is 5. The topological polar surface area (TPSA) is 61.6 Å². The quantitative estimate of drug-likeness (QED) is 0.301. The zero-order chi connectivity index (χ0) is 20.2. The Morgan fingerprint density at radius 2 is 1.86 bits per heavy atom. The van der Waals surface area contributed by atoms with Crippen molar-refractivity contribution in [2.24, 2.45) is 0 Å². The number of aromatic nitrogens is 1. The van der Waals surface area contributed by atoms with Crippen LogP contribution in [-0.4, -0.2) is 24.2 Å². The molecule has 29 heavy (non-hydrogen) atoms. The minimum absolute atomic E-state index is 0.184. The number of nitrogens with zero attached hydrogens (tertiary/aromatic N) is 1. The molecule has 0 saturated heterocycles. The average Bonchev–Trinajstić information content (AvgIpc) is 3.14. The van der Waals surface area contributed by atoms with Crippen LogP contribution in [0.5, 0.6) is 5.75 Å². The Labute approximate surface area is 169 Å². The number of hydrogen-bond donors (Lipinski definition) is 0. The first kappa shape index (κ1) is 19.0. The first-order valence-corrected chi connectivity index (χ1v) is 9.82. The summed E-state index contributed by atoms with van der Waals surface area (Å²) in [6, 6.07) is 18.1. The highest BCUT2D eigenvalue weighted by molar-refractivity contribution is 5.88. The maximum atomic E-state index is 11.4. The van der Waals surface area contributed by atoms with Crippen LogP contribution in [0.1, 0.15) is 25.3 Å². The van der Waals surface area contributed by atoms with Crippen LogP contribution in [0.25, 0.3) is 33.3 Å². The molecule has 1 aromatic heterocycles. The van der Waals surface area contributed by atoms with Crippen molar-refractivity contribution in [3.05, 3.63) is 60.2 Å². The molecule has 4 rings (SSSR count). The summed E-state index contributed by atoms with van der Waals surface area (Å²) in [6.07, 6.45) is 1.00. The molecule has 0 fully saturated rings. The monoisotopic (exact) mass is 389 g/mol. The molecule has 3 aromatic carbocycles. The van der Waals surface area contributed by atoms with Crippen molar-refractivity contribution in [2.75, 3.05) is 13.2 Å². The molecule has 5 heteroatoms. The molecule has 0 radical (unpaired) electrons. The smallest absolute Gasteiger partial charge is 0.305 e. The lowest BCUT2D eigenvalue weighted by molar-refractivity contribution is -0.143. The van der Waals surface area contributed by atoms with Crippen molar-refractivity contribution >= 4 is 27.8 Å². The van der Waals surface area contributed by atoms with Crippen LogP contribution in [-0.2, 0) is 9.53 Å². The van der Waals surface area contributed by atoms with Crippen LogP contribution < -0.4 is 4.74 Å². The maximum Gasteiger partial charge on any atom is 0.305 e. The SMILES string of the molecule is CCOC(=O)CCCOc1ccc2cc(-c3nc4ccc(C)cc4o3)ccc2c1. The van der Waals surface area contributed by atoms with Gasteiger partial charge >= 0.3 is 5.97 Å². The fourth-order valence-electron chi connectivity index (χ4n) is 3.24. The second-order valence-corrected chi connectivity index (χ2v) is 6.97. The normalized spacial score (nSPS) is 11.1. The number of esters is 1. The van der Waals surface area contributed by atoms with Crippen molar-refractivity contribution in [2.45, 2.75) is 26.7 Å². The van der Waals surface area contributed by atoms with E-state index in [9.17, 15) is 4.79 Å². The van der Waals surface area contributed by atoms with Crippen LogP contribution in [0.2, 0.25) is 0 Å². The van der Waals surface area contributed by atoms with Crippen LogP contribution in [0.4, 0.5) is 0 Å². The van der Waals surface area contributed by atoms with E-state index in [1.54, 1.807) is 6.92 Å². The molecule has 0 atom stereocenters. The van der Waals surface area contributed by atoms with Gasteiger partial charge in [-0.25, -0.2) is 4.98 Å². The fourth-order valence-corrected chi connectivity index (χ4v) is 3.24. The first-order valence-electron chi connectivity index (χ1n) is 9.82. The number of aryl methyl sites for hydroxylation is 1. The number of oxazole rings is 1. The van der Waals surface area contributed by atoms with Gasteiger partial charge in [-0.2, -0.15) is 0 Å². The number of ether oxygens (including phenoxy) is 2. The Hall–Kier alpha value is -3.34. The fraction of sp³-hybridized carbons (Fsp3) is 0.250. The van der Waals surface area contributed by atoms with E-state index in [0.717, 1.165) is 38.7 Å². The number of carbonyl (C=O) groups is 1. The lowest BCUT2D eigenvalue weighted by Crippen LogP contribution is -2.06. The summed E-state index contributed by atoms with van der Waals surface area (Å²) >= 11 is 0. The molecule has 0 saturated carbocycles. The van der Waals surface area contributed by atoms with Gasteiger partial charge in [0.05, 0.1) is 13.2 Å². The van der Waals surface area contributed by atoms with Crippen molar-refractivity contribution in [1.29, 1.82) is 0 Å². The number of carbonyl (C=O) groups excluding carboxylic acids is 1. The van der Waals surface area contributed by atoms with Gasteiger partial charge in [-0.05, 0) is 73.0 Å². The van der Waals surface area contributed by atoms with Crippen LogP contribution >= 0.6 is 0 Å². The highest BCUT2D eigenvalue weighted by atomic mass is 16.5. The van der Waals surface area contributed by atoms with Gasteiger partial charge < -0.3 is 13.9 Å². The Bertz CT molecular complexity index is 1160. The van der Waals surface area contributed by atoms with E-state index in [4.69, 9.17) is 13.9 Å². The largest absolute Gasteiger partial charge is 0.494 e. The molecule has 4 aromatic rings. The molecule has 0 amide bonds. The number of fused-ring (bicyclic) bond motifs is 2. The van der Waals surface area contributed by atoms with Gasteiger partial charge in [0.1, 0.15) is 11.3 Å². The highest BCUT2D eigenvalue weighted by Gasteiger charge is 2.09. The van der Waals surface area contributed by atoms with Gasteiger partial charge in [-0.1, -0.05) is 18.2 Å². The molecular weight excluding hydrogens is 366 g/mol. The third-order valence-corrected chi connectivity index (χ3v) is 4.70. The van der Waals surface area contributed by atoms with Gasteiger partial charge in [0.25, 0.3) is 0 Å². The predicted molar refractivity (Wildman–Crippen MR) is 113 cm³/mol. The summed E-state index contributed by atoms with van der Waals surface area (Å²) in [4.78, 5) is 16.0. The maximum absolute atomic E-state index is 11.4. The van der Waals surface area contributed by atoms with Gasteiger partial charge in [-0.15, -0.1) is 0 Å². The molecule has 1 heterocycles. The molecule has 0 aliphatic heterocycles. The average molecular weight is 389 g/mol. The van der Waals surface area contributed by atoms with Crippen molar-refractivity contribution in [3.8, 4) is 17.2 Å². The Morgan fingerprint density at radius 1 is 1.03 bits per heavy atom. The van der Waals surface area contributed by atoms with Crippen molar-refractivity contribution in [1.82, 2.24) is 4.98 Å². The Morgan fingerprint density at radius 3 is 2.72 bits per heavy atom. The van der Waals surface area contributed by atoms with E-state index in [-0.39, 0.29) is 5.97 Å². The van der Waals surface area contributed by atoms with Gasteiger partial charge in [0, 0.05) is 12.0 Å². The van der Waals surface area contributed by atoms with E-state index in [1.807, 2.05) is 55.5 Å². The molecule has 0 aliphatic rings. The molecule has 0 unspecified atom stereocenters. The van der Waals surface area contributed by atoms with E-state index < -0.39 is 0 Å². The van der Waals surface area contributed by atoms with Gasteiger partial charge in [0.2, 0.25) is 5.89 Å². The van der Waals surface area contributed by atoms with Crippen LogP contribution in [0.3, 0.4) is 0 Å². The zero-order valence-corrected chi connectivity index (χ0v) is 16.6. The Balaban J connectivity index is 1.47. The minimum Gasteiger partial charge on any atom is -0.494 e. The molecule has 0 bridgehead atoms. The van der Waals surface area contributed by atoms with Crippen LogP contribution in [0, 0.1) is 6.92 Å². The lowest BCUT2D eigenvalue weighted by Gasteiger charge is -2.08. The van der Waals surface area contributed by atoms with Crippen LogP contribution in [0.15, 0.2) is 59.0 Å². The number of rotatable bonds is 7. The molecular formula is C24H23NO4. The van der Waals surface area contributed by atoms with E-state index in [1.165, 1.54) is 0 Å². The highest BCUT2D eigenvalue weighted by Crippen LogP contribution is 2.29. The Kier molecular flexibility index (Phi) is 5.47. The summed E-state index contributed by atoms with van der Waals surface area (Å²) in [6.45, 7) is 4.73. The molecule has 0 aliphatic carbocycles. The summed E-state index contributed by atoms with van der Waals surface area (Å²) in [5, 5.41) is 2.16. The summed E-state index contributed by atoms with van der Waals surface area (Å²) in [5.41, 5.74) is 3.74. The summed E-state index contributed by atoms with van der Waals surface area (Å²) in [7, 11) is 0. The van der Waals surface area contributed by atoms with Crippen molar-refractivity contribution < 1.29 is 18.7 Å². The number of benzene rings is 3. The summed E-state index contributed by atoms with van der Waals surface area (Å²) in [5.74, 6) is 1.22. The second-order valence-electron chi connectivity index (χ2n) is 6.97. The molecule has 0 N–H and O–H groups in total. The molecule has 5 nitrogen and oxygen atoms in total.